The van der Waals surface area contributed by atoms with Gasteiger partial charge in [-0.3, -0.25) is 14.4 Å². The number of ketones is 1. The summed E-state index contributed by atoms with van der Waals surface area (Å²) in [5.41, 5.74) is 7.67. The molecule has 0 saturated carbocycles. The summed E-state index contributed by atoms with van der Waals surface area (Å²) in [4.78, 5) is 56.5. The van der Waals surface area contributed by atoms with Crippen molar-refractivity contribution in [3.05, 3.63) is 161 Å². The van der Waals surface area contributed by atoms with Gasteiger partial charge in [-0.25, -0.2) is 9.69 Å². The van der Waals surface area contributed by atoms with E-state index < -0.39 is 23.9 Å². The van der Waals surface area contributed by atoms with Gasteiger partial charge >= 0.3 is 5.97 Å². The molecule has 0 spiro atoms. The molecule has 1 saturated heterocycles. The van der Waals surface area contributed by atoms with Crippen LogP contribution in [-0.4, -0.2) is 29.7 Å². The van der Waals surface area contributed by atoms with Gasteiger partial charge in [0.05, 0.1) is 23.1 Å². The average Bonchev–Trinajstić information content (AvgIpc) is 3.42. The summed E-state index contributed by atoms with van der Waals surface area (Å²) < 4.78 is 5.83. The van der Waals surface area contributed by atoms with Gasteiger partial charge in [0, 0.05) is 17.4 Å². The number of imide groups is 1. The van der Waals surface area contributed by atoms with Gasteiger partial charge in [0.15, 0.2) is 6.10 Å². The third-order valence-corrected chi connectivity index (χ3v) is 10.4. The molecule has 3 aliphatic carbocycles. The molecule has 0 N–H and O–H groups in total. The van der Waals surface area contributed by atoms with Crippen LogP contribution in [0.25, 0.3) is 11.1 Å². The highest BCUT2D eigenvalue weighted by atomic mass is 16.5. The highest BCUT2D eigenvalue weighted by molar-refractivity contribution is 6.23. The first kappa shape index (κ1) is 30.7. The molecule has 1 heterocycles. The summed E-state index contributed by atoms with van der Waals surface area (Å²) in [5, 5.41) is 0. The van der Waals surface area contributed by atoms with Crippen LogP contribution in [0.15, 0.2) is 127 Å². The fraction of sp³-hybridized carbons (Fsp3) is 0.209. The number of carbonyl (C=O) groups is 4. The predicted molar refractivity (Wildman–Crippen MR) is 187 cm³/mol. The Bertz CT molecular complexity index is 1970. The molecule has 2 bridgehead atoms. The molecular formula is C43H35NO5. The molecule has 5 aromatic rings. The van der Waals surface area contributed by atoms with Crippen molar-refractivity contribution >= 4 is 29.3 Å². The topological polar surface area (TPSA) is 80.8 Å². The number of ether oxygens (including phenoxy) is 1. The van der Waals surface area contributed by atoms with Gasteiger partial charge in [-0.15, -0.1) is 0 Å². The van der Waals surface area contributed by atoms with E-state index in [0.29, 0.717) is 17.7 Å². The number of benzene rings is 5. The zero-order valence-corrected chi connectivity index (χ0v) is 27.1. The zero-order valence-electron chi connectivity index (χ0n) is 27.1. The Morgan fingerprint density at radius 3 is 1.59 bits per heavy atom. The summed E-state index contributed by atoms with van der Waals surface area (Å²) in [6, 6.07) is 40.0. The van der Waals surface area contributed by atoms with Crippen molar-refractivity contribution in [2.24, 2.45) is 11.8 Å². The molecule has 2 amide bonds. The second-order valence-corrected chi connectivity index (χ2v) is 13.2. The Morgan fingerprint density at radius 2 is 1.08 bits per heavy atom. The lowest BCUT2D eigenvalue weighted by atomic mass is 9.55. The van der Waals surface area contributed by atoms with Crippen LogP contribution in [0.5, 0.6) is 0 Å². The molecule has 9 rings (SSSR count). The summed E-state index contributed by atoms with van der Waals surface area (Å²) >= 11 is 0. The molecule has 4 aliphatic rings. The van der Waals surface area contributed by atoms with Crippen LogP contribution < -0.4 is 4.90 Å². The van der Waals surface area contributed by atoms with Gasteiger partial charge in [-0.1, -0.05) is 116 Å². The SMILES string of the molecule is CCCCC(OC(=O)c1ccc(N2C(=O)C3C4c5ccccc5C(c5ccccc54)C3C2=O)cc1)C(=O)c1ccc(-c2ccccc2)cc1. The number of Topliss-reactive ketones (excluding diaryl/α,β-unsaturated/α-hetero) is 1. The highest BCUT2D eigenvalue weighted by Gasteiger charge is 2.61. The Morgan fingerprint density at radius 1 is 0.612 bits per heavy atom. The number of rotatable bonds is 9. The number of esters is 1. The highest BCUT2D eigenvalue weighted by Crippen LogP contribution is 2.61. The van der Waals surface area contributed by atoms with Crippen LogP contribution in [0.3, 0.4) is 0 Å². The molecule has 49 heavy (non-hydrogen) atoms. The van der Waals surface area contributed by atoms with Crippen LogP contribution in [0.2, 0.25) is 0 Å². The standard InChI is InChI=1S/C43H35NO5/c1-2-3-17-35(40(45)28-20-18-27(19-21-28)26-11-5-4-6-12-26)49-43(48)29-22-24-30(25-23-29)44-41(46)38-36-31-13-7-8-14-32(31)37(39(38)42(44)47)34-16-10-9-15-33(34)36/h4-16,18-25,35-39H,2-3,17H2,1H3. The lowest BCUT2D eigenvalue weighted by molar-refractivity contribution is -0.122. The van der Waals surface area contributed by atoms with Gasteiger partial charge in [0.25, 0.3) is 0 Å². The fourth-order valence-corrected chi connectivity index (χ4v) is 8.15. The van der Waals surface area contributed by atoms with E-state index in [1.54, 1.807) is 36.4 Å². The fourth-order valence-electron chi connectivity index (χ4n) is 8.15. The summed E-state index contributed by atoms with van der Waals surface area (Å²) in [5.74, 6) is -2.65. The Hall–Kier alpha value is -5.62. The van der Waals surface area contributed by atoms with Crippen molar-refractivity contribution < 1.29 is 23.9 Å². The Kier molecular flexibility index (Phi) is 7.79. The van der Waals surface area contributed by atoms with Gasteiger partial charge in [-0.2, -0.15) is 0 Å². The van der Waals surface area contributed by atoms with Crippen molar-refractivity contribution in [1.82, 2.24) is 0 Å². The molecule has 1 fully saturated rings. The molecule has 3 unspecified atom stereocenters. The number of amides is 2. The predicted octanol–water partition coefficient (Wildman–Crippen LogP) is 8.35. The minimum atomic E-state index is -0.932. The molecule has 6 nitrogen and oxygen atoms in total. The van der Waals surface area contributed by atoms with Crippen LogP contribution in [0, 0.1) is 11.8 Å². The summed E-state index contributed by atoms with van der Waals surface area (Å²) in [6.07, 6.45) is 1.05. The monoisotopic (exact) mass is 645 g/mol. The molecule has 242 valence electrons. The van der Waals surface area contributed by atoms with E-state index in [4.69, 9.17) is 4.74 Å². The van der Waals surface area contributed by atoms with Gasteiger partial charge < -0.3 is 4.74 Å². The second kappa shape index (κ2) is 12.4. The number of unbranched alkanes of at least 4 members (excludes halogenated alkanes) is 1. The summed E-state index contributed by atoms with van der Waals surface area (Å²) in [7, 11) is 0. The van der Waals surface area contributed by atoms with E-state index in [0.717, 1.165) is 46.2 Å². The molecule has 0 aromatic heterocycles. The van der Waals surface area contributed by atoms with Crippen LogP contribution >= 0.6 is 0 Å². The lowest BCUT2D eigenvalue weighted by Crippen LogP contribution is -2.41. The largest absolute Gasteiger partial charge is 0.450 e. The first-order valence-electron chi connectivity index (χ1n) is 17.0. The molecule has 3 atom stereocenters. The van der Waals surface area contributed by atoms with Gasteiger partial charge in [0.1, 0.15) is 0 Å². The first-order valence-corrected chi connectivity index (χ1v) is 17.0. The second-order valence-electron chi connectivity index (χ2n) is 13.2. The van der Waals surface area contributed by atoms with E-state index in [1.807, 2.05) is 73.7 Å². The van der Waals surface area contributed by atoms with Crippen LogP contribution in [-0.2, 0) is 14.3 Å². The van der Waals surface area contributed by atoms with E-state index in [2.05, 4.69) is 24.3 Å². The zero-order chi connectivity index (χ0) is 33.6. The van der Waals surface area contributed by atoms with Crippen LogP contribution in [0.1, 0.15) is 81.0 Å². The van der Waals surface area contributed by atoms with E-state index in [9.17, 15) is 19.2 Å². The summed E-state index contributed by atoms with van der Waals surface area (Å²) in [6.45, 7) is 2.02. The van der Waals surface area contributed by atoms with Crippen molar-refractivity contribution in [3.63, 3.8) is 0 Å². The number of carbonyl (C=O) groups excluding carboxylic acids is 4. The Labute approximate surface area is 285 Å². The molecule has 6 heteroatoms. The van der Waals surface area contributed by atoms with Gasteiger partial charge in [0.2, 0.25) is 17.6 Å². The van der Waals surface area contributed by atoms with Crippen molar-refractivity contribution in [3.8, 4) is 11.1 Å². The smallest absolute Gasteiger partial charge is 0.338 e. The minimum absolute atomic E-state index is 0.190. The molecule has 0 radical (unpaired) electrons. The van der Waals surface area contributed by atoms with E-state index in [-0.39, 0.29) is 35.0 Å². The van der Waals surface area contributed by atoms with Crippen molar-refractivity contribution in [1.29, 1.82) is 0 Å². The Balaban J connectivity index is 1.01. The first-order chi connectivity index (χ1) is 24.0. The normalized spacial score (nSPS) is 20.7. The number of hydrogen-bond acceptors (Lipinski definition) is 5. The maximum absolute atomic E-state index is 14.1. The average molecular weight is 646 g/mol. The number of hydrogen-bond donors (Lipinski definition) is 0. The van der Waals surface area contributed by atoms with E-state index >= 15 is 0 Å². The van der Waals surface area contributed by atoms with Gasteiger partial charge in [-0.05, 0) is 70.5 Å². The number of nitrogens with zero attached hydrogens (tertiary/aromatic N) is 1. The molecular weight excluding hydrogens is 610 g/mol. The lowest BCUT2D eigenvalue weighted by Gasteiger charge is -2.45. The number of anilines is 1. The third kappa shape index (κ3) is 5.10. The molecule has 1 aliphatic heterocycles. The quantitative estimate of drug-likeness (QED) is 0.0915. The third-order valence-electron chi connectivity index (χ3n) is 10.4. The van der Waals surface area contributed by atoms with Crippen LogP contribution in [0.4, 0.5) is 5.69 Å². The maximum Gasteiger partial charge on any atom is 0.338 e. The van der Waals surface area contributed by atoms with Crippen molar-refractivity contribution in [2.45, 2.75) is 44.1 Å². The minimum Gasteiger partial charge on any atom is -0.450 e. The maximum atomic E-state index is 14.1. The van der Waals surface area contributed by atoms with Crippen molar-refractivity contribution in [2.75, 3.05) is 4.90 Å². The molecule has 5 aromatic carbocycles. The van der Waals surface area contributed by atoms with E-state index in [1.165, 1.54) is 4.90 Å².